The van der Waals surface area contributed by atoms with E-state index in [1.165, 1.54) is 25.1 Å². The summed E-state index contributed by atoms with van der Waals surface area (Å²) < 4.78 is 2.30. The zero-order chi connectivity index (χ0) is 4.95. The highest BCUT2D eigenvalue weighted by molar-refractivity contribution is 8.74. The lowest BCUT2D eigenvalue weighted by atomic mass is 10.3. The van der Waals surface area contributed by atoms with Crippen LogP contribution in [0, 0.1) is 0 Å². The van der Waals surface area contributed by atoms with Gasteiger partial charge in [-0.25, -0.2) is 0 Å². The summed E-state index contributed by atoms with van der Waals surface area (Å²) in [6.07, 6.45) is 2.81. The Kier molecular flexibility index (Phi) is 7.64. The van der Waals surface area contributed by atoms with Gasteiger partial charge >= 0.3 is 0 Å². The number of quaternary nitrogens is 1. The number of halogens is 1. The maximum atomic E-state index is 2.30. The van der Waals surface area contributed by atoms with Gasteiger partial charge in [0.15, 0.2) is 0 Å². The summed E-state index contributed by atoms with van der Waals surface area (Å²) in [6, 6.07) is 0. The van der Waals surface area contributed by atoms with Gasteiger partial charge in [0, 0.05) is 5.75 Å². The molecule has 0 unspecified atom stereocenters. The third kappa shape index (κ3) is 4.29. The van der Waals surface area contributed by atoms with E-state index in [-0.39, 0.29) is 24.0 Å². The SMILES string of the molecule is C1CCSS[NH2+]C1.[I-]. The Balaban J connectivity index is 0.000000490. The summed E-state index contributed by atoms with van der Waals surface area (Å²) in [7, 11) is 3.88. The van der Waals surface area contributed by atoms with Gasteiger partial charge in [-0.05, 0) is 23.6 Å². The standard InChI is InChI=1S/C4H9NS2.HI/c1-2-4-6-7-5-3-1;/h5H,1-4H2;1H. The lowest BCUT2D eigenvalue weighted by Crippen LogP contribution is -3.00. The van der Waals surface area contributed by atoms with E-state index < -0.39 is 0 Å². The molecule has 0 aromatic carbocycles. The molecule has 4 heteroatoms. The van der Waals surface area contributed by atoms with Crippen LogP contribution in [0.1, 0.15) is 12.8 Å². The van der Waals surface area contributed by atoms with E-state index in [2.05, 4.69) is 4.72 Å². The molecule has 0 aromatic rings. The van der Waals surface area contributed by atoms with E-state index in [0.29, 0.717) is 0 Å². The summed E-state index contributed by atoms with van der Waals surface area (Å²) in [4.78, 5) is 0. The summed E-state index contributed by atoms with van der Waals surface area (Å²) in [5.41, 5.74) is 0. The first-order valence-corrected chi connectivity index (χ1v) is 4.98. The third-order valence-corrected chi connectivity index (χ3v) is 3.22. The zero-order valence-corrected chi connectivity index (χ0v) is 8.39. The first-order chi connectivity index (χ1) is 3.50. The quantitative estimate of drug-likeness (QED) is 0.299. The van der Waals surface area contributed by atoms with Crippen molar-refractivity contribution in [3.8, 4) is 0 Å². The van der Waals surface area contributed by atoms with Crippen LogP contribution in [0.4, 0.5) is 0 Å². The fourth-order valence-electron chi connectivity index (χ4n) is 0.533. The van der Waals surface area contributed by atoms with E-state index in [4.69, 9.17) is 0 Å². The Morgan fingerprint density at radius 3 is 3.00 bits per heavy atom. The first-order valence-electron chi connectivity index (χ1n) is 2.60. The van der Waals surface area contributed by atoms with E-state index in [0.717, 1.165) is 0 Å². The lowest BCUT2D eigenvalue weighted by molar-refractivity contribution is -0.477. The van der Waals surface area contributed by atoms with Crippen LogP contribution in [0.2, 0.25) is 0 Å². The molecular formula is C4H10INS2. The molecule has 0 aliphatic carbocycles. The van der Waals surface area contributed by atoms with Gasteiger partial charge in [-0.15, -0.1) is 0 Å². The highest BCUT2D eigenvalue weighted by Crippen LogP contribution is 2.15. The van der Waals surface area contributed by atoms with Gasteiger partial charge in [0.25, 0.3) is 0 Å². The van der Waals surface area contributed by atoms with Gasteiger partial charge in [-0.1, -0.05) is 0 Å². The van der Waals surface area contributed by atoms with Crippen LogP contribution in [0.5, 0.6) is 0 Å². The van der Waals surface area contributed by atoms with E-state index in [1.54, 1.807) is 0 Å². The fraction of sp³-hybridized carbons (Fsp3) is 1.00. The van der Waals surface area contributed by atoms with Gasteiger partial charge < -0.3 is 24.0 Å². The van der Waals surface area contributed by atoms with E-state index in [9.17, 15) is 0 Å². The Labute approximate surface area is 75.3 Å². The highest BCUT2D eigenvalue weighted by Gasteiger charge is 1.99. The van der Waals surface area contributed by atoms with Crippen molar-refractivity contribution in [2.45, 2.75) is 12.8 Å². The fourth-order valence-corrected chi connectivity index (χ4v) is 2.53. The minimum absolute atomic E-state index is 0. The Hall–Kier alpha value is 1.39. The van der Waals surface area contributed by atoms with Crippen molar-refractivity contribution in [1.82, 2.24) is 0 Å². The average Bonchev–Trinajstić information content (AvgIpc) is 1.90. The van der Waals surface area contributed by atoms with Crippen LogP contribution >= 0.6 is 21.8 Å². The largest absolute Gasteiger partial charge is 1.00 e. The van der Waals surface area contributed by atoms with Crippen molar-refractivity contribution >= 4 is 21.8 Å². The molecule has 1 saturated heterocycles. The minimum Gasteiger partial charge on any atom is -1.00 e. The van der Waals surface area contributed by atoms with E-state index in [1.807, 2.05) is 21.8 Å². The molecule has 1 heterocycles. The second kappa shape index (κ2) is 6.51. The number of hydrogen-bond acceptors (Lipinski definition) is 2. The normalized spacial score (nSPS) is 21.0. The Bertz CT molecular complexity index is 33.7. The van der Waals surface area contributed by atoms with Crippen LogP contribution in [-0.4, -0.2) is 12.3 Å². The predicted molar refractivity (Wildman–Crippen MR) is 36.1 cm³/mol. The van der Waals surface area contributed by atoms with Crippen molar-refractivity contribution in [3.63, 3.8) is 0 Å². The molecule has 1 aliphatic heterocycles. The van der Waals surface area contributed by atoms with Crippen molar-refractivity contribution in [2.75, 3.05) is 12.3 Å². The summed E-state index contributed by atoms with van der Waals surface area (Å²) in [5.74, 6) is 1.35. The van der Waals surface area contributed by atoms with Crippen molar-refractivity contribution in [3.05, 3.63) is 0 Å². The van der Waals surface area contributed by atoms with E-state index >= 15 is 0 Å². The van der Waals surface area contributed by atoms with Crippen molar-refractivity contribution < 1.29 is 28.7 Å². The van der Waals surface area contributed by atoms with Crippen LogP contribution in [0.3, 0.4) is 0 Å². The molecule has 1 rings (SSSR count). The molecule has 0 spiro atoms. The number of nitrogens with two attached hydrogens (primary N) is 1. The van der Waals surface area contributed by atoms with Gasteiger partial charge in [-0.3, -0.25) is 4.72 Å². The maximum Gasteiger partial charge on any atom is 0.143 e. The highest BCUT2D eigenvalue weighted by atomic mass is 127. The summed E-state index contributed by atoms with van der Waals surface area (Å²) in [5, 5.41) is 0. The van der Waals surface area contributed by atoms with Crippen LogP contribution < -0.4 is 28.7 Å². The second-order valence-corrected chi connectivity index (χ2v) is 4.03. The van der Waals surface area contributed by atoms with Crippen molar-refractivity contribution in [2.24, 2.45) is 0 Å². The molecule has 0 amide bonds. The zero-order valence-electron chi connectivity index (χ0n) is 4.60. The molecule has 0 radical (unpaired) electrons. The smallest absolute Gasteiger partial charge is 0.143 e. The van der Waals surface area contributed by atoms with Gasteiger partial charge in [0.05, 0.1) is 6.54 Å². The van der Waals surface area contributed by atoms with Crippen molar-refractivity contribution in [1.29, 1.82) is 0 Å². The Morgan fingerprint density at radius 1 is 1.25 bits per heavy atom. The molecule has 8 heavy (non-hydrogen) atoms. The molecule has 1 nitrogen and oxygen atoms in total. The monoisotopic (exact) mass is 263 g/mol. The summed E-state index contributed by atoms with van der Waals surface area (Å²) in [6.45, 7) is 1.32. The molecule has 1 fully saturated rings. The predicted octanol–water partition coefficient (Wildman–Crippen LogP) is -2.36. The molecule has 0 bridgehead atoms. The average molecular weight is 263 g/mol. The molecular weight excluding hydrogens is 253 g/mol. The number of hydrogen-bond donors (Lipinski definition) is 1. The van der Waals surface area contributed by atoms with Crippen LogP contribution in [-0.2, 0) is 0 Å². The topological polar surface area (TPSA) is 16.6 Å². The second-order valence-electron chi connectivity index (χ2n) is 1.58. The summed E-state index contributed by atoms with van der Waals surface area (Å²) >= 11 is 0. The lowest BCUT2D eigenvalue weighted by Gasteiger charge is -1.84. The third-order valence-electron chi connectivity index (χ3n) is 0.936. The maximum absolute atomic E-state index is 2.30. The molecule has 1 aliphatic rings. The van der Waals surface area contributed by atoms with Gasteiger partial charge in [-0.2, -0.15) is 0 Å². The molecule has 50 valence electrons. The first kappa shape index (κ1) is 9.39. The molecule has 2 N–H and O–H groups in total. The molecule has 0 aromatic heterocycles. The van der Waals surface area contributed by atoms with Crippen LogP contribution in [0.25, 0.3) is 0 Å². The number of rotatable bonds is 0. The van der Waals surface area contributed by atoms with Gasteiger partial charge in [0.2, 0.25) is 0 Å². The molecule has 0 atom stereocenters. The van der Waals surface area contributed by atoms with Crippen LogP contribution in [0.15, 0.2) is 0 Å². The minimum atomic E-state index is 0. The van der Waals surface area contributed by atoms with Gasteiger partial charge in [0.1, 0.15) is 11.0 Å². The molecule has 0 saturated carbocycles. The Morgan fingerprint density at radius 2 is 2.12 bits per heavy atom.